The van der Waals surface area contributed by atoms with Gasteiger partial charge in [0.25, 0.3) is 0 Å². The van der Waals surface area contributed by atoms with Gasteiger partial charge in [-0.15, -0.1) is 0 Å². The molecule has 0 bridgehead atoms. The van der Waals surface area contributed by atoms with Crippen LogP contribution in [-0.2, 0) is 16.6 Å². The lowest BCUT2D eigenvalue weighted by molar-refractivity contribution is 0.387. The molecule has 0 unspecified atom stereocenters. The van der Waals surface area contributed by atoms with E-state index in [4.69, 9.17) is 5.73 Å². The van der Waals surface area contributed by atoms with Gasteiger partial charge >= 0.3 is 0 Å². The Morgan fingerprint density at radius 1 is 1.25 bits per heavy atom. The standard InChI is InChI=1S/C13H22N4O2S/c1-10-8-13(12(9-14)11(2)15-10)16-4-6-17(7-5-16)20(3,18)19/h8H,4-7,9,14H2,1-3H3. The van der Waals surface area contributed by atoms with E-state index >= 15 is 0 Å². The number of hydrogen-bond acceptors (Lipinski definition) is 5. The van der Waals surface area contributed by atoms with Gasteiger partial charge in [-0.05, 0) is 19.9 Å². The first kappa shape index (κ1) is 15.2. The van der Waals surface area contributed by atoms with Crippen LogP contribution in [0.5, 0.6) is 0 Å². The molecule has 7 heteroatoms. The zero-order valence-electron chi connectivity index (χ0n) is 12.3. The molecule has 112 valence electrons. The fourth-order valence-corrected chi connectivity index (χ4v) is 3.46. The van der Waals surface area contributed by atoms with Crippen molar-refractivity contribution in [1.29, 1.82) is 0 Å². The van der Waals surface area contributed by atoms with Crippen LogP contribution in [0.1, 0.15) is 17.0 Å². The van der Waals surface area contributed by atoms with Gasteiger partial charge in [0.05, 0.1) is 6.26 Å². The topological polar surface area (TPSA) is 79.5 Å². The highest BCUT2D eigenvalue weighted by Crippen LogP contribution is 2.25. The van der Waals surface area contributed by atoms with Crippen molar-refractivity contribution in [3.8, 4) is 0 Å². The fraction of sp³-hybridized carbons (Fsp3) is 0.615. The first-order valence-corrected chi connectivity index (χ1v) is 8.55. The van der Waals surface area contributed by atoms with Crippen molar-refractivity contribution >= 4 is 15.7 Å². The van der Waals surface area contributed by atoms with Gasteiger partial charge in [0.1, 0.15) is 0 Å². The summed E-state index contributed by atoms with van der Waals surface area (Å²) in [6.07, 6.45) is 1.26. The van der Waals surface area contributed by atoms with Crippen LogP contribution in [0.25, 0.3) is 0 Å². The van der Waals surface area contributed by atoms with Gasteiger partial charge in [-0.3, -0.25) is 4.98 Å². The lowest BCUT2D eigenvalue weighted by Crippen LogP contribution is -2.48. The third-order valence-electron chi connectivity index (χ3n) is 3.69. The molecule has 0 aromatic carbocycles. The van der Waals surface area contributed by atoms with Crippen molar-refractivity contribution < 1.29 is 8.42 Å². The van der Waals surface area contributed by atoms with Crippen molar-refractivity contribution in [2.24, 2.45) is 5.73 Å². The number of aryl methyl sites for hydroxylation is 2. The molecule has 0 aliphatic carbocycles. The van der Waals surface area contributed by atoms with E-state index in [0.717, 1.165) is 22.6 Å². The number of rotatable bonds is 3. The maximum Gasteiger partial charge on any atom is 0.211 e. The Morgan fingerprint density at radius 2 is 1.85 bits per heavy atom. The zero-order chi connectivity index (χ0) is 14.9. The first-order valence-electron chi connectivity index (χ1n) is 6.70. The normalized spacial score (nSPS) is 17.5. The molecule has 1 aromatic heterocycles. The number of pyridine rings is 1. The minimum Gasteiger partial charge on any atom is -0.369 e. The molecule has 1 aromatic rings. The monoisotopic (exact) mass is 298 g/mol. The largest absolute Gasteiger partial charge is 0.369 e. The molecular weight excluding hydrogens is 276 g/mol. The molecule has 2 heterocycles. The van der Waals surface area contributed by atoms with Crippen molar-refractivity contribution in [1.82, 2.24) is 9.29 Å². The van der Waals surface area contributed by atoms with Gasteiger partial charge in [0.2, 0.25) is 10.0 Å². The highest BCUT2D eigenvalue weighted by atomic mass is 32.2. The first-order chi connectivity index (χ1) is 9.32. The zero-order valence-corrected chi connectivity index (χ0v) is 13.1. The second-order valence-electron chi connectivity index (χ2n) is 5.20. The minimum absolute atomic E-state index is 0.445. The van der Waals surface area contributed by atoms with E-state index in [0.29, 0.717) is 32.7 Å². The van der Waals surface area contributed by atoms with Crippen molar-refractivity contribution in [2.75, 3.05) is 37.3 Å². The molecule has 0 amide bonds. The number of sulfonamides is 1. The Kier molecular flexibility index (Phi) is 4.31. The summed E-state index contributed by atoms with van der Waals surface area (Å²) in [5.74, 6) is 0. The Morgan fingerprint density at radius 3 is 2.35 bits per heavy atom. The SMILES string of the molecule is Cc1cc(N2CCN(S(C)(=O)=O)CC2)c(CN)c(C)n1. The number of nitrogens with two attached hydrogens (primary N) is 1. The van der Waals surface area contributed by atoms with Gasteiger partial charge in [-0.1, -0.05) is 0 Å². The summed E-state index contributed by atoms with van der Waals surface area (Å²) >= 11 is 0. The van der Waals surface area contributed by atoms with Crippen LogP contribution < -0.4 is 10.6 Å². The van der Waals surface area contributed by atoms with Gasteiger partial charge in [0.15, 0.2) is 0 Å². The maximum atomic E-state index is 11.5. The maximum absolute atomic E-state index is 11.5. The summed E-state index contributed by atoms with van der Waals surface area (Å²) in [6, 6.07) is 2.03. The number of nitrogens with zero attached hydrogens (tertiary/aromatic N) is 3. The second kappa shape index (κ2) is 5.67. The van der Waals surface area contributed by atoms with Gasteiger partial charge < -0.3 is 10.6 Å². The number of hydrogen-bond donors (Lipinski definition) is 1. The van der Waals surface area contributed by atoms with Crippen LogP contribution in [0.3, 0.4) is 0 Å². The van der Waals surface area contributed by atoms with Crippen LogP contribution >= 0.6 is 0 Å². The Hall–Kier alpha value is -1.18. The Balaban J connectivity index is 2.23. The van der Waals surface area contributed by atoms with Crippen LogP contribution in [0, 0.1) is 13.8 Å². The van der Waals surface area contributed by atoms with Crippen LogP contribution in [-0.4, -0.2) is 50.1 Å². The van der Waals surface area contributed by atoms with Gasteiger partial charge in [-0.2, -0.15) is 4.31 Å². The summed E-state index contributed by atoms with van der Waals surface area (Å²) in [6.45, 7) is 6.77. The Labute approximate surface area is 120 Å². The lowest BCUT2D eigenvalue weighted by Gasteiger charge is -2.36. The molecule has 1 fully saturated rings. The van der Waals surface area contributed by atoms with E-state index in [2.05, 4.69) is 9.88 Å². The highest BCUT2D eigenvalue weighted by molar-refractivity contribution is 7.88. The van der Waals surface area contributed by atoms with E-state index in [1.807, 2.05) is 19.9 Å². The smallest absolute Gasteiger partial charge is 0.211 e. The fourth-order valence-electron chi connectivity index (χ4n) is 2.63. The predicted octanol–water partition coefficient (Wildman–Crippen LogP) is 0.239. The molecule has 6 nitrogen and oxygen atoms in total. The average molecular weight is 298 g/mol. The van der Waals surface area contributed by atoms with Crippen molar-refractivity contribution in [3.63, 3.8) is 0 Å². The van der Waals surface area contributed by atoms with Crippen molar-refractivity contribution in [3.05, 3.63) is 23.0 Å². The third kappa shape index (κ3) is 3.11. The van der Waals surface area contributed by atoms with Crippen LogP contribution in [0.4, 0.5) is 5.69 Å². The molecule has 0 saturated carbocycles. The van der Waals surface area contributed by atoms with E-state index in [9.17, 15) is 8.42 Å². The Bertz CT molecular complexity index is 593. The van der Waals surface area contributed by atoms with E-state index in [1.54, 1.807) is 0 Å². The quantitative estimate of drug-likeness (QED) is 0.864. The van der Waals surface area contributed by atoms with Crippen molar-refractivity contribution in [2.45, 2.75) is 20.4 Å². The summed E-state index contributed by atoms with van der Waals surface area (Å²) in [5, 5.41) is 0. The molecule has 0 atom stereocenters. The molecule has 2 rings (SSSR count). The van der Waals surface area contributed by atoms with Gasteiger partial charge in [-0.25, -0.2) is 8.42 Å². The summed E-state index contributed by atoms with van der Waals surface area (Å²) in [7, 11) is -3.09. The van der Waals surface area contributed by atoms with Crippen LogP contribution in [0.2, 0.25) is 0 Å². The molecule has 1 aliphatic rings. The van der Waals surface area contributed by atoms with E-state index in [-0.39, 0.29) is 0 Å². The van der Waals surface area contributed by atoms with E-state index in [1.165, 1.54) is 10.6 Å². The predicted molar refractivity (Wildman–Crippen MR) is 80.2 cm³/mol. The van der Waals surface area contributed by atoms with Crippen LogP contribution in [0.15, 0.2) is 6.07 Å². The van der Waals surface area contributed by atoms with E-state index < -0.39 is 10.0 Å². The molecule has 1 saturated heterocycles. The highest BCUT2D eigenvalue weighted by Gasteiger charge is 2.25. The molecule has 0 spiro atoms. The summed E-state index contributed by atoms with van der Waals surface area (Å²) < 4.78 is 24.6. The average Bonchev–Trinajstić information content (AvgIpc) is 2.37. The number of piperazine rings is 1. The molecule has 1 aliphatic heterocycles. The molecule has 20 heavy (non-hydrogen) atoms. The molecular formula is C13H22N4O2S. The second-order valence-corrected chi connectivity index (χ2v) is 7.18. The third-order valence-corrected chi connectivity index (χ3v) is 4.99. The minimum atomic E-state index is -3.09. The lowest BCUT2D eigenvalue weighted by atomic mass is 10.1. The number of anilines is 1. The summed E-state index contributed by atoms with van der Waals surface area (Å²) in [5.41, 5.74) is 9.88. The molecule has 2 N–H and O–H groups in total. The molecule has 0 radical (unpaired) electrons. The summed E-state index contributed by atoms with van der Waals surface area (Å²) in [4.78, 5) is 6.64. The van der Waals surface area contributed by atoms with Gasteiger partial charge in [0, 0.05) is 55.4 Å². The number of aromatic nitrogens is 1.